The van der Waals surface area contributed by atoms with Crippen molar-refractivity contribution in [3.63, 3.8) is 0 Å². The monoisotopic (exact) mass is 344 g/mol. The van der Waals surface area contributed by atoms with Crippen LogP contribution in [-0.2, 0) is 32.6 Å². The van der Waals surface area contributed by atoms with Crippen molar-refractivity contribution in [2.24, 2.45) is 5.14 Å². The predicted molar refractivity (Wildman–Crippen MR) is 87.1 cm³/mol. The van der Waals surface area contributed by atoms with Crippen LogP contribution in [0.1, 0.15) is 23.1 Å². The number of nitrogens with zero attached hydrogens (tertiary/aromatic N) is 1. The van der Waals surface area contributed by atoms with Gasteiger partial charge < -0.3 is 4.74 Å². The molecule has 0 bridgehead atoms. The molecule has 2 rings (SSSR count). The topological polar surface area (TPSA) is 110 Å². The fourth-order valence-corrected chi connectivity index (χ4v) is 2.57. The van der Waals surface area contributed by atoms with Gasteiger partial charge in [-0.2, -0.15) is 5.26 Å². The first-order chi connectivity index (χ1) is 11.4. The quantitative estimate of drug-likeness (QED) is 0.805. The highest BCUT2D eigenvalue weighted by molar-refractivity contribution is 7.89. The van der Waals surface area contributed by atoms with Crippen LogP contribution in [0.2, 0.25) is 0 Å². The lowest BCUT2D eigenvalue weighted by Crippen LogP contribution is -2.12. The molecule has 2 aromatic carbocycles. The highest BCUT2D eigenvalue weighted by Crippen LogP contribution is 2.11. The first-order valence-electron chi connectivity index (χ1n) is 7.15. The van der Waals surface area contributed by atoms with Gasteiger partial charge in [-0.05, 0) is 41.8 Å². The largest absolute Gasteiger partial charge is 0.461 e. The Hall–Kier alpha value is -2.69. The number of carbonyl (C=O) groups is 1. The van der Waals surface area contributed by atoms with Crippen LogP contribution in [0, 0.1) is 11.3 Å². The highest BCUT2D eigenvalue weighted by atomic mass is 32.2. The zero-order valence-corrected chi connectivity index (χ0v) is 13.6. The minimum absolute atomic E-state index is 0.0335. The number of carbonyl (C=O) groups excluding carboxylic acids is 1. The second-order valence-corrected chi connectivity index (χ2v) is 6.72. The molecule has 0 aliphatic heterocycles. The summed E-state index contributed by atoms with van der Waals surface area (Å²) in [4.78, 5) is 11.8. The van der Waals surface area contributed by atoms with Crippen LogP contribution >= 0.6 is 0 Å². The molecular formula is C17H16N2O4S. The third kappa shape index (κ3) is 5.19. The van der Waals surface area contributed by atoms with E-state index >= 15 is 0 Å². The molecule has 124 valence electrons. The molecule has 0 saturated carbocycles. The van der Waals surface area contributed by atoms with E-state index in [1.54, 1.807) is 36.4 Å². The maximum Gasteiger partial charge on any atom is 0.306 e. The average Bonchev–Trinajstić information content (AvgIpc) is 2.58. The third-order valence-corrected chi connectivity index (χ3v) is 4.25. The Balaban J connectivity index is 1.84. The van der Waals surface area contributed by atoms with E-state index in [0.29, 0.717) is 12.0 Å². The van der Waals surface area contributed by atoms with E-state index in [0.717, 1.165) is 11.1 Å². The van der Waals surface area contributed by atoms with Crippen molar-refractivity contribution in [3.8, 4) is 6.07 Å². The van der Waals surface area contributed by atoms with Gasteiger partial charge in [0.1, 0.15) is 6.61 Å². The maximum atomic E-state index is 11.8. The van der Waals surface area contributed by atoms with Crippen LogP contribution in [0.3, 0.4) is 0 Å². The highest BCUT2D eigenvalue weighted by Gasteiger charge is 2.08. The summed E-state index contributed by atoms with van der Waals surface area (Å²) < 4.78 is 27.5. The lowest BCUT2D eigenvalue weighted by atomic mass is 10.1. The number of hydrogen-bond donors (Lipinski definition) is 1. The summed E-state index contributed by atoms with van der Waals surface area (Å²) in [6.45, 7) is 0.110. The van der Waals surface area contributed by atoms with Crippen molar-refractivity contribution in [1.29, 1.82) is 5.26 Å². The molecule has 2 N–H and O–H groups in total. The number of ether oxygens (including phenoxy) is 1. The number of benzene rings is 2. The number of aryl methyl sites for hydroxylation is 1. The Morgan fingerprint density at radius 3 is 2.46 bits per heavy atom. The molecule has 24 heavy (non-hydrogen) atoms. The second kappa shape index (κ2) is 7.73. The molecule has 0 atom stereocenters. The van der Waals surface area contributed by atoms with E-state index in [9.17, 15) is 13.2 Å². The van der Waals surface area contributed by atoms with Gasteiger partial charge in [0.25, 0.3) is 0 Å². The Bertz CT molecular complexity index is 868. The number of nitrogens with two attached hydrogens (primary N) is 1. The molecule has 0 unspecified atom stereocenters. The van der Waals surface area contributed by atoms with Crippen LogP contribution in [0.25, 0.3) is 0 Å². The van der Waals surface area contributed by atoms with Crippen LogP contribution in [0.4, 0.5) is 0 Å². The number of sulfonamides is 1. The lowest BCUT2D eigenvalue weighted by Gasteiger charge is -2.06. The number of primary sulfonamides is 1. The van der Waals surface area contributed by atoms with E-state index in [2.05, 4.69) is 0 Å². The van der Waals surface area contributed by atoms with E-state index in [1.807, 2.05) is 6.07 Å². The standard InChI is InChI=1S/C17H16N2O4S/c18-11-14-2-1-3-15(10-14)12-23-17(20)9-6-13-4-7-16(8-5-13)24(19,21)22/h1-5,7-8,10H,6,9,12H2,(H2,19,21,22). The van der Waals surface area contributed by atoms with Crippen molar-refractivity contribution in [3.05, 3.63) is 65.2 Å². The minimum Gasteiger partial charge on any atom is -0.461 e. The first kappa shape index (κ1) is 17.7. The van der Waals surface area contributed by atoms with Gasteiger partial charge in [-0.15, -0.1) is 0 Å². The van der Waals surface area contributed by atoms with Crippen LogP contribution in [0.5, 0.6) is 0 Å². The molecule has 0 spiro atoms. The van der Waals surface area contributed by atoms with Crippen LogP contribution in [0.15, 0.2) is 53.4 Å². The van der Waals surface area contributed by atoms with Gasteiger partial charge in [-0.1, -0.05) is 24.3 Å². The van der Waals surface area contributed by atoms with Crippen molar-refractivity contribution in [1.82, 2.24) is 0 Å². The van der Waals surface area contributed by atoms with Gasteiger partial charge >= 0.3 is 5.97 Å². The number of esters is 1. The van der Waals surface area contributed by atoms with E-state index in [-0.39, 0.29) is 23.9 Å². The molecule has 0 heterocycles. The molecule has 0 fully saturated rings. The Labute approximate surface area is 140 Å². The van der Waals surface area contributed by atoms with Crippen molar-refractivity contribution in [2.45, 2.75) is 24.3 Å². The maximum absolute atomic E-state index is 11.8. The fourth-order valence-electron chi connectivity index (χ4n) is 2.06. The number of hydrogen-bond acceptors (Lipinski definition) is 5. The van der Waals surface area contributed by atoms with E-state index in [4.69, 9.17) is 15.1 Å². The van der Waals surface area contributed by atoms with Gasteiger partial charge in [-0.25, -0.2) is 13.6 Å². The molecule has 0 aromatic heterocycles. The summed E-state index contributed by atoms with van der Waals surface area (Å²) in [6.07, 6.45) is 0.606. The molecular weight excluding hydrogens is 328 g/mol. The molecule has 0 amide bonds. The van der Waals surface area contributed by atoms with Gasteiger partial charge in [0.05, 0.1) is 16.5 Å². The molecule has 0 aliphatic carbocycles. The zero-order valence-electron chi connectivity index (χ0n) is 12.8. The smallest absolute Gasteiger partial charge is 0.306 e. The summed E-state index contributed by atoms with van der Waals surface area (Å²) in [5.74, 6) is -0.368. The SMILES string of the molecule is N#Cc1cccc(COC(=O)CCc2ccc(S(N)(=O)=O)cc2)c1. The average molecular weight is 344 g/mol. The van der Waals surface area contributed by atoms with Gasteiger partial charge in [-0.3, -0.25) is 4.79 Å². The number of nitriles is 1. The molecule has 2 aromatic rings. The fraction of sp³-hybridized carbons (Fsp3) is 0.176. The summed E-state index contributed by atoms with van der Waals surface area (Å²) in [7, 11) is -3.71. The molecule has 0 radical (unpaired) electrons. The van der Waals surface area contributed by atoms with E-state index in [1.165, 1.54) is 12.1 Å². The number of rotatable bonds is 6. The Morgan fingerprint density at radius 2 is 1.83 bits per heavy atom. The minimum atomic E-state index is -3.71. The van der Waals surface area contributed by atoms with Crippen molar-refractivity contribution < 1.29 is 17.9 Å². The third-order valence-electron chi connectivity index (χ3n) is 3.33. The Morgan fingerprint density at radius 1 is 1.12 bits per heavy atom. The van der Waals surface area contributed by atoms with Gasteiger partial charge in [0.2, 0.25) is 10.0 Å². The van der Waals surface area contributed by atoms with Gasteiger partial charge in [0, 0.05) is 6.42 Å². The Kier molecular flexibility index (Phi) is 5.68. The van der Waals surface area contributed by atoms with Crippen LogP contribution in [-0.4, -0.2) is 14.4 Å². The molecule has 0 saturated heterocycles. The lowest BCUT2D eigenvalue weighted by molar-refractivity contribution is -0.144. The van der Waals surface area contributed by atoms with Crippen molar-refractivity contribution in [2.75, 3.05) is 0 Å². The second-order valence-electron chi connectivity index (χ2n) is 5.16. The van der Waals surface area contributed by atoms with Crippen molar-refractivity contribution >= 4 is 16.0 Å². The molecule has 7 heteroatoms. The molecule has 0 aliphatic rings. The van der Waals surface area contributed by atoms with Crippen LogP contribution < -0.4 is 5.14 Å². The van der Waals surface area contributed by atoms with Gasteiger partial charge in [0.15, 0.2) is 0 Å². The summed E-state index contributed by atoms with van der Waals surface area (Å²) in [6, 6.07) is 14.9. The summed E-state index contributed by atoms with van der Waals surface area (Å²) in [5, 5.41) is 13.8. The molecule has 6 nitrogen and oxygen atoms in total. The first-order valence-corrected chi connectivity index (χ1v) is 8.69. The zero-order chi connectivity index (χ0) is 17.6. The normalized spacial score (nSPS) is 10.8. The van der Waals surface area contributed by atoms with E-state index < -0.39 is 10.0 Å². The summed E-state index contributed by atoms with van der Waals surface area (Å²) >= 11 is 0. The predicted octanol–water partition coefficient (Wildman–Crippen LogP) is 1.88. The summed E-state index contributed by atoms with van der Waals surface area (Å²) in [5.41, 5.74) is 2.07.